The fourth-order valence-corrected chi connectivity index (χ4v) is 2.92. The summed E-state index contributed by atoms with van der Waals surface area (Å²) in [6.07, 6.45) is 3.88. The third-order valence-corrected chi connectivity index (χ3v) is 4.46. The maximum Gasteiger partial charge on any atom is 0.229 e. The van der Waals surface area contributed by atoms with Crippen LogP contribution in [0.15, 0.2) is 22.9 Å². The average molecular weight is 321 g/mol. The minimum Gasteiger partial charge on any atom is -0.339 e. The Morgan fingerprint density at radius 2 is 2.14 bits per heavy atom. The molecule has 0 aromatic carbocycles. The Morgan fingerprint density at radius 1 is 1.36 bits per heavy atom. The molecular formula is C16H21ClN4O. The SMILES string of the molecule is CC(C)c1nc(C2CCN(Cc3ncccc3Cl)CC2)no1. The molecule has 0 radical (unpaired) electrons. The molecule has 0 aliphatic carbocycles. The third kappa shape index (κ3) is 3.47. The molecule has 3 rings (SSSR count). The van der Waals surface area contributed by atoms with E-state index in [4.69, 9.17) is 16.1 Å². The van der Waals surface area contributed by atoms with E-state index in [0.717, 1.165) is 54.9 Å². The van der Waals surface area contributed by atoms with E-state index in [1.165, 1.54) is 0 Å². The molecule has 118 valence electrons. The lowest BCUT2D eigenvalue weighted by molar-refractivity contribution is 0.198. The van der Waals surface area contributed by atoms with Crippen molar-refractivity contribution in [2.75, 3.05) is 13.1 Å². The number of piperidine rings is 1. The number of likely N-dealkylation sites (tertiary alicyclic amines) is 1. The van der Waals surface area contributed by atoms with Crippen molar-refractivity contribution >= 4 is 11.6 Å². The molecule has 22 heavy (non-hydrogen) atoms. The van der Waals surface area contributed by atoms with E-state index in [2.05, 4.69) is 33.9 Å². The Morgan fingerprint density at radius 3 is 2.77 bits per heavy atom. The van der Waals surface area contributed by atoms with Crippen LogP contribution in [-0.2, 0) is 6.54 Å². The summed E-state index contributed by atoms with van der Waals surface area (Å²) in [6.45, 7) is 6.94. The minimum absolute atomic E-state index is 0.285. The summed E-state index contributed by atoms with van der Waals surface area (Å²) in [5.74, 6) is 2.27. The van der Waals surface area contributed by atoms with Crippen molar-refractivity contribution in [3.05, 3.63) is 40.8 Å². The number of aromatic nitrogens is 3. The van der Waals surface area contributed by atoms with Crippen LogP contribution in [0.25, 0.3) is 0 Å². The van der Waals surface area contributed by atoms with Crippen LogP contribution in [0.2, 0.25) is 5.02 Å². The summed E-state index contributed by atoms with van der Waals surface area (Å²) in [7, 11) is 0. The molecule has 0 atom stereocenters. The van der Waals surface area contributed by atoms with Gasteiger partial charge in [0.1, 0.15) is 0 Å². The van der Waals surface area contributed by atoms with Gasteiger partial charge in [0.05, 0.1) is 10.7 Å². The van der Waals surface area contributed by atoms with Crippen molar-refractivity contribution in [1.82, 2.24) is 20.0 Å². The van der Waals surface area contributed by atoms with Crippen LogP contribution in [0.4, 0.5) is 0 Å². The maximum absolute atomic E-state index is 6.18. The molecule has 1 fully saturated rings. The first kappa shape index (κ1) is 15.4. The number of halogens is 1. The Bertz CT molecular complexity index is 620. The van der Waals surface area contributed by atoms with E-state index in [0.29, 0.717) is 5.92 Å². The first-order valence-corrected chi connectivity index (χ1v) is 8.16. The van der Waals surface area contributed by atoms with Gasteiger partial charge in [0.15, 0.2) is 5.82 Å². The molecule has 0 spiro atoms. The minimum atomic E-state index is 0.285. The number of hydrogen-bond donors (Lipinski definition) is 0. The van der Waals surface area contributed by atoms with Crippen LogP contribution in [0, 0.1) is 0 Å². The van der Waals surface area contributed by atoms with Gasteiger partial charge in [-0.05, 0) is 38.1 Å². The second-order valence-corrected chi connectivity index (χ2v) is 6.54. The molecule has 1 aliphatic heterocycles. The van der Waals surface area contributed by atoms with Crippen molar-refractivity contribution in [3.8, 4) is 0 Å². The molecule has 2 aromatic heterocycles. The molecule has 1 aliphatic rings. The molecule has 1 saturated heterocycles. The van der Waals surface area contributed by atoms with Crippen molar-refractivity contribution in [1.29, 1.82) is 0 Å². The Hall–Kier alpha value is -1.46. The Balaban J connectivity index is 1.57. The van der Waals surface area contributed by atoms with Crippen LogP contribution < -0.4 is 0 Å². The molecular weight excluding hydrogens is 300 g/mol. The lowest BCUT2D eigenvalue weighted by Crippen LogP contribution is -2.33. The molecule has 0 N–H and O–H groups in total. The van der Waals surface area contributed by atoms with Gasteiger partial charge in [-0.2, -0.15) is 4.98 Å². The van der Waals surface area contributed by atoms with Gasteiger partial charge < -0.3 is 4.52 Å². The second-order valence-electron chi connectivity index (χ2n) is 6.13. The van der Waals surface area contributed by atoms with Crippen molar-refractivity contribution in [2.45, 2.75) is 45.1 Å². The van der Waals surface area contributed by atoms with Crippen molar-refractivity contribution in [3.63, 3.8) is 0 Å². The predicted molar refractivity (Wildman–Crippen MR) is 84.9 cm³/mol. The summed E-state index contributed by atoms with van der Waals surface area (Å²) in [6, 6.07) is 3.75. The van der Waals surface area contributed by atoms with Gasteiger partial charge >= 0.3 is 0 Å². The number of nitrogens with zero attached hydrogens (tertiary/aromatic N) is 4. The zero-order valence-electron chi connectivity index (χ0n) is 13.0. The highest BCUT2D eigenvalue weighted by molar-refractivity contribution is 6.31. The molecule has 6 heteroatoms. The predicted octanol–water partition coefficient (Wildman–Crippen LogP) is 3.62. The van der Waals surface area contributed by atoms with Crippen LogP contribution in [0.5, 0.6) is 0 Å². The van der Waals surface area contributed by atoms with Crippen LogP contribution >= 0.6 is 11.6 Å². The molecule has 5 nitrogen and oxygen atoms in total. The van der Waals surface area contributed by atoms with E-state index < -0.39 is 0 Å². The topological polar surface area (TPSA) is 55.1 Å². The second kappa shape index (κ2) is 6.75. The molecule has 3 heterocycles. The summed E-state index contributed by atoms with van der Waals surface area (Å²) in [5.41, 5.74) is 0.948. The fraction of sp³-hybridized carbons (Fsp3) is 0.562. The normalized spacial score (nSPS) is 17.3. The first-order valence-electron chi connectivity index (χ1n) is 7.78. The van der Waals surface area contributed by atoms with Crippen molar-refractivity contribution in [2.24, 2.45) is 0 Å². The molecule has 0 saturated carbocycles. The van der Waals surface area contributed by atoms with Gasteiger partial charge in [0.25, 0.3) is 0 Å². The van der Waals surface area contributed by atoms with E-state index >= 15 is 0 Å². The van der Waals surface area contributed by atoms with Gasteiger partial charge in [-0.1, -0.05) is 30.6 Å². The lowest BCUT2D eigenvalue weighted by Gasteiger charge is -2.30. The Kier molecular flexibility index (Phi) is 4.74. The summed E-state index contributed by atoms with van der Waals surface area (Å²) in [4.78, 5) is 11.3. The van der Waals surface area contributed by atoms with Crippen molar-refractivity contribution < 1.29 is 4.52 Å². The lowest BCUT2D eigenvalue weighted by atomic mass is 9.96. The summed E-state index contributed by atoms with van der Waals surface area (Å²) < 4.78 is 5.32. The van der Waals surface area contributed by atoms with Gasteiger partial charge in [0, 0.05) is 24.6 Å². The standard InChI is InChI=1S/C16H21ClN4O/c1-11(2)16-19-15(20-22-16)12-5-8-21(9-6-12)10-14-13(17)4-3-7-18-14/h3-4,7,11-12H,5-6,8-10H2,1-2H3. The highest BCUT2D eigenvalue weighted by Gasteiger charge is 2.25. The molecule has 0 unspecified atom stereocenters. The largest absolute Gasteiger partial charge is 0.339 e. The van der Waals surface area contributed by atoms with Crippen LogP contribution in [-0.4, -0.2) is 33.1 Å². The molecule has 0 bridgehead atoms. The highest BCUT2D eigenvalue weighted by atomic mass is 35.5. The molecule has 2 aromatic rings. The van der Waals surface area contributed by atoms with Gasteiger partial charge in [-0.3, -0.25) is 9.88 Å². The Labute approximate surface area is 135 Å². The summed E-state index contributed by atoms with van der Waals surface area (Å²) in [5, 5.41) is 4.89. The zero-order chi connectivity index (χ0) is 15.5. The van der Waals surface area contributed by atoms with E-state index in [-0.39, 0.29) is 5.92 Å². The smallest absolute Gasteiger partial charge is 0.229 e. The van der Waals surface area contributed by atoms with E-state index in [9.17, 15) is 0 Å². The highest BCUT2D eigenvalue weighted by Crippen LogP contribution is 2.28. The first-order chi connectivity index (χ1) is 10.6. The van der Waals surface area contributed by atoms with Crippen LogP contribution in [0.3, 0.4) is 0 Å². The van der Waals surface area contributed by atoms with Gasteiger partial charge in [0.2, 0.25) is 5.89 Å². The van der Waals surface area contributed by atoms with Gasteiger partial charge in [-0.25, -0.2) is 0 Å². The maximum atomic E-state index is 6.18. The fourth-order valence-electron chi connectivity index (χ4n) is 2.74. The number of rotatable bonds is 4. The quantitative estimate of drug-likeness (QED) is 0.861. The van der Waals surface area contributed by atoms with Gasteiger partial charge in [-0.15, -0.1) is 0 Å². The van der Waals surface area contributed by atoms with E-state index in [1.54, 1.807) is 6.20 Å². The monoisotopic (exact) mass is 320 g/mol. The third-order valence-electron chi connectivity index (χ3n) is 4.11. The zero-order valence-corrected chi connectivity index (χ0v) is 13.8. The molecule has 0 amide bonds. The number of hydrogen-bond acceptors (Lipinski definition) is 5. The van der Waals surface area contributed by atoms with E-state index in [1.807, 2.05) is 12.1 Å². The average Bonchev–Trinajstić information content (AvgIpc) is 3.00. The van der Waals surface area contributed by atoms with Crippen LogP contribution in [0.1, 0.15) is 55.9 Å². The summed E-state index contributed by atoms with van der Waals surface area (Å²) >= 11 is 6.18. The number of pyridine rings is 1.